The Morgan fingerprint density at radius 3 is 2.43 bits per heavy atom. The Morgan fingerprint density at radius 1 is 1.29 bits per heavy atom. The molecule has 0 radical (unpaired) electrons. The van der Waals surface area contributed by atoms with Crippen molar-refractivity contribution >= 4 is 0 Å². The number of nitrogens with two attached hydrogens (primary N) is 1. The first kappa shape index (κ1) is 11.2. The van der Waals surface area contributed by atoms with Gasteiger partial charge in [-0.1, -0.05) is 37.6 Å². The minimum Gasteiger partial charge on any atom is -0.394 e. The molecule has 0 heterocycles. The number of hydrogen-bond acceptors (Lipinski definition) is 2. The zero-order valence-electron chi connectivity index (χ0n) is 8.74. The molecule has 0 aliphatic rings. The van der Waals surface area contributed by atoms with E-state index in [0.717, 1.165) is 12.0 Å². The first-order chi connectivity index (χ1) is 6.77. The second-order valence-corrected chi connectivity index (χ2v) is 3.63. The summed E-state index contributed by atoms with van der Waals surface area (Å²) < 4.78 is 0. The fourth-order valence-corrected chi connectivity index (χ4v) is 1.42. The summed E-state index contributed by atoms with van der Waals surface area (Å²) in [7, 11) is 0. The van der Waals surface area contributed by atoms with E-state index in [9.17, 15) is 0 Å². The van der Waals surface area contributed by atoms with Crippen LogP contribution in [0, 0.1) is 0 Å². The summed E-state index contributed by atoms with van der Waals surface area (Å²) in [4.78, 5) is 0. The van der Waals surface area contributed by atoms with Gasteiger partial charge in [0.2, 0.25) is 0 Å². The van der Waals surface area contributed by atoms with Crippen molar-refractivity contribution in [3.63, 3.8) is 0 Å². The van der Waals surface area contributed by atoms with Gasteiger partial charge in [-0.3, -0.25) is 0 Å². The second kappa shape index (κ2) is 5.78. The average Bonchev–Trinajstić information content (AvgIpc) is 2.26. The Kier molecular flexibility index (Phi) is 4.63. The van der Waals surface area contributed by atoms with E-state index in [1.165, 1.54) is 18.4 Å². The SMILES string of the molecule is CCCCc1ccc([C@@H](N)CO)cc1. The van der Waals surface area contributed by atoms with Gasteiger partial charge in [-0.25, -0.2) is 0 Å². The van der Waals surface area contributed by atoms with Gasteiger partial charge in [-0.05, 0) is 24.0 Å². The zero-order chi connectivity index (χ0) is 10.4. The monoisotopic (exact) mass is 193 g/mol. The van der Waals surface area contributed by atoms with Crippen molar-refractivity contribution < 1.29 is 5.11 Å². The number of benzene rings is 1. The molecule has 1 atom stereocenters. The van der Waals surface area contributed by atoms with E-state index < -0.39 is 0 Å². The highest BCUT2D eigenvalue weighted by Gasteiger charge is 2.02. The van der Waals surface area contributed by atoms with Crippen LogP contribution in [0.4, 0.5) is 0 Å². The molecule has 0 aliphatic carbocycles. The third-order valence-electron chi connectivity index (χ3n) is 2.42. The Bertz CT molecular complexity index is 256. The van der Waals surface area contributed by atoms with Crippen LogP contribution in [-0.4, -0.2) is 11.7 Å². The highest BCUT2D eigenvalue weighted by molar-refractivity contribution is 5.24. The van der Waals surface area contributed by atoms with Gasteiger partial charge in [0.25, 0.3) is 0 Å². The largest absolute Gasteiger partial charge is 0.394 e. The van der Waals surface area contributed by atoms with Crippen molar-refractivity contribution in [3.8, 4) is 0 Å². The normalized spacial score (nSPS) is 12.8. The molecule has 2 heteroatoms. The van der Waals surface area contributed by atoms with E-state index in [-0.39, 0.29) is 12.6 Å². The lowest BCUT2D eigenvalue weighted by atomic mass is 10.0. The summed E-state index contributed by atoms with van der Waals surface area (Å²) in [6.07, 6.45) is 3.58. The predicted octanol–water partition coefficient (Wildman–Crippen LogP) is 2.02. The van der Waals surface area contributed by atoms with Crippen molar-refractivity contribution in [1.82, 2.24) is 0 Å². The van der Waals surface area contributed by atoms with Crippen molar-refractivity contribution in [2.24, 2.45) is 5.73 Å². The van der Waals surface area contributed by atoms with Crippen LogP contribution < -0.4 is 5.73 Å². The van der Waals surface area contributed by atoms with E-state index in [2.05, 4.69) is 19.1 Å². The fraction of sp³-hybridized carbons (Fsp3) is 0.500. The van der Waals surface area contributed by atoms with E-state index in [0.29, 0.717) is 0 Å². The van der Waals surface area contributed by atoms with Crippen LogP contribution in [-0.2, 0) is 6.42 Å². The average molecular weight is 193 g/mol. The first-order valence-electron chi connectivity index (χ1n) is 5.23. The number of unbranched alkanes of at least 4 members (excludes halogenated alkanes) is 1. The molecule has 0 aliphatic heterocycles. The third kappa shape index (κ3) is 3.13. The molecule has 0 aromatic heterocycles. The topological polar surface area (TPSA) is 46.2 Å². The molecule has 3 N–H and O–H groups in total. The van der Waals surface area contributed by atoms with E-state index in [1.54, 1.807) is 0 Å². The summed E-state index contributed by atoms with van der Waals surface area (Å²) in [6.45, 7) is 2.20. The molecule has 0 saturated carbocycles. The summed E-state index contributed by atoms with van der Waals surface area (Å²) in [5.41, 5.74) is 8.05. The second-order valence-electron chi connectivity index (χ2n) is 3.63. The van der Waals surface area contributed by atoms with E-state index in [4.69, 9.17) is 10.8 Å². The molecule has 0 fully saturated rings. The van der Waals surface area contributed by atoms with Gasteiger partial charge in [-0.2, -0.15) is 0 Å². The lowest BCUT2D eigenvalue weighted by Crippen LogP contribution is -2.14. The molecule has 1 aromatic rings. The highest BCUT2D eigenvalue weighted by Crippen LogP contribution is 2.12. The van der Waals surface area contributed by atoms with Crippen LogP contribution in [0.2, 0.25) is 0 Å². The van der Waals surface area contributed by atoms with Crippen LogP contribution in [0.15, 0.2) is 24.3 Å². The van der Waals surface area contributed by atoms with Gasteiger partial charge in [0, 0.05) is 0 Å². The number of rotatable bonds is 5. The molecule has 0 unspecified atom stereocenters. The number of aryl methyl sites for hydroxylation is 1. The van der Waals surface area contributed by atoms with E-state index in [1.807, 2.05) is 12.1 Å². The molecule has 0 saturated heterocycles. The summed E-state index contributed by atoms with van der Waals surface area (Å²) in [5.74, 6) is 0. The zero-order valence-corrected chi connectivity index (χ0v) is 8.74. The van der Waals surface area contributed by atoms with E-state index >= 15 is 0 Å². The number of aliphatic hydroxyl groups excluding tert-OH is 1. The standard InChI is InChI=1S/C12H19NO/c1-2-3-4-10-5-7-11(8-6-10)12(13)9-14/h5-8,12,14H,2-4,9,13H2,1H3/t12-/m0/s1. The molecule has 1 rings (SSSR count). The summed E-state index contributed by atoms with van der Waals surface area (Å²) in [5, 5.41) is 8.87. The summed E-state index contributed by atoms with van der Waals surface area (Å²) in [6, 6.07) is 7.97. The molecular formula is C12H19NO. The Hall–Kier alpha value is -0.860. The van der Waals surface area contributed by atoms with Gasteiger partial charge >= 0.3 is 0 Å². The lowest BCUT2D eigenvalue weighted by molar-refractivity contribution is 0.268. The van der Waals surface area contributed by atoms with Crippen LogP contribution in [0.1, 0.15) is 36.9 Å². The minimum absolute atomic E-state index is 0.00824. The lowest BCUT2D eigenvalue weighted by Gasteiger charge is -2.08. The van der Waals surface area contributed by atoms with Crippen LogP contribution in [0.25, 0.3) is 0 Å². The highest BCUT2D eigenvalue weighted by atomic mass is 16.3. The molecule has 78 valence electrons. The number of hydrogen-bond donors (Lipinski definition) is 2. The minimum atomic E-state index is -0.241. The molecule has 2 nitrogen and oxygen atoms in total. The molecule has 0 amide bonds. The van der Waals surface area contributed by atoms with Gasteiger partial charge < -0.3 is 10.8 Å². The smallest absolute Gasteiger partial charge is 0.0624 e. The molecule has 0 spiro atoms. The fourth-order valence-electron chi connectivity index (χ4n) is 1.42. The predicted molar refractivity (Wildman–Crippen MR) is 59.1 cm³/mol. The molecule has 14 heavy (non-hydrogen) atoms. The van der Waals surface area contributed by atoms with Crippen molar-refractivity contribution in [1.29, 1.82) is 0 Å². The van der Waals surface area contributed by atoms with Crippen molar-refractivity contribution in [2.75, 3.05) is 6.61 Å². The van der Waals surface area contributed by atoms with Gasteiger partial charge in [-0.15, -0.1) is 0 Å². The molecular weight excluding hydrogens is 174 g/mol. The van der Waals surface area contributed by atoms with Crippen molar-refractivity contribution in [3.05, 3.63) is 35.4 Å². The van der Waals surface area contributed by atoms with Gasteiger partial charge in [0.05, 0.1) is 12.6 Å². The summed E-state index contributed by atoms with van der Waals surface area (Å²) >= 11 is 0. The molecule has 1 aromatic carbocycles. The maximum absolute atomic E-state index is 8.87. The van der Waals surface area contributed by atoms with Crippen LogP contribution >= 0.6 is 0 Å². The van der Waals surface area contributed by atoms with Crippen LogP contribution in [0.5, 0.6) is 0 Å². The Balaban J connectivity index is 2.59. The maximum atomic E-state index is 8.87. The van der Waals surface area contributed by atoms with Gasteiger partial charge in [0.15, 0.2) is 0 Å². The third-order valence-corrected chi connectivity index (χ3v) is 2.42. The molecule has 0 bridgehead atoms. The maximum Gasteiger partial charge on any atom is 0.0624 e. The Labute approximate surface area is 85.8 Å². The number of aliphatic hydroxyl groups is 1. The first-order valence-corrected chi connectivity index (χ1v) is 5.23. The van der Waals surface area contributed by atoms with Crippen LogP contribution in [0.3, 0.4) is 0 Å². The van der Waals surface area contributed by atoms with Gasteiger partial charge in [0.1, 0.15) is 0 Å². The quantitative estimate of drug-likeness (QED) is 0.751. The van der Waals surface area contributed by atoms with Crippen molar-refractivity contribution in [2.45, 2.75) is 32.2 Å². The Morgan fingerprint density at radius 2 is 1.93 bits per heavy atom.